The van der Waals surface area contributed by atoms with Crippen molar-refractivity contribution in [2.75, 3.05) is 5.73 Å². The van der Waals surface area contributed by atoms with Gasteiger partial charge in [0.05, 0.1) is 5.52 Å². The van der Waals surface area contributed by atoms with E-state index in [9.17, 15) is 0 Å². The molecule has 0 saturated heterocycles. The molecule has 1 aromatic heterocycles. The molecule has 0 atom stereocenters. The molecule has 0 unspecified atom stereocenters. The summed E-state index contributed by atoms with van der Waals surface area (Å²) in [7, 11) is 0. The van der Waals surface area contributed by atoms with Crippen LogP contribution >= 0.6 is 0 Å². The average molecular weight is 278 g/mol. The first-order valence-electron chi connectivity index (χ1n) is 7.38. The fourth-order valence-corrected chi connectivity index (χ4v) is 2.69. The fourth-order valence-electron chi connectivity index (χ4n) is 2.69. The number of anilines is 1. The molecule has 3 rings (SSSR count). The molecular formula is C19H22N2. The first kappa shape index (κ1) is 13.7. The predicted molar refractivity (Wildman–Crippen MR) is 90.6 cm³/mol. The van der Waals surface area contributed by atoms with Crippen molar-refractivity contribution in [3.63, 3.8) is 0 Å². The molecule has 108 valence electrons. The third kappa shape index (κ3) is 2.66. The quantitative estimate of drug-likeness (QED) is 0.684. The Morgan fingerprint density at radius 1 is 0.952 bits per heavy atom. The van der Waals surface area contributed by atoms with Gasteiger partial charge in [0.1, 0.15) is 0 Å². The lowest BCUT2D eigenvalue weighted by Crippen LogP contribution is -2.10. The molecule has 3 aromatic rings. The van der Waals surface area contributed by atoms with Gasteiger partial charge in [-0.1, -0.05) is 51.1 Å². The topological polar surface area (TPSA) is 30.9 Å². The van der Waals surface area contributed by atoms with Gasteiger partial charge in [0.25, 0.3) is 0 Å². The molecule has 2 heteroatoms. The van der Waals surface area contributed by atoms with Gasteiger partial charge in [-0.05, 0) is 34.7 Å². The van der Waals surface area contributed by atoms with Crippen molar-refractivity contribution in [3.05, 3.63) is 65.9 Å². The molecule has 21 heavy (non-hydrogen) atoms. The molecule has 0 fully saturated rings. The van der Waals surface area contributed by atoms with Gasteiger partial charge in [0.15, 0.2) is 0 Å². The number of nitrogens with two attached hydrogens (primary N) is 1. The summed E-state index contributed by atoms with van der Waals surface area (Å²) in [4.78, 5) is 0. The first-order chi connectivity index (χ1) is 9.95. The number of hydrogen-bond acceptors (Lipinski definition) is 1. The molecular weight excluding hydrogens is 256 g/mol. The van der Waals surface area contributed by atoms with E-state index < -0.39 is 0 Å². The lowest BCUT2D eigenvalue weighted by molar-refractivity contribution is 0.590. The molecule has 2 aromatic carbocycles. The van der Waals surface area contributed by atoms with Crippen molar-refractivity contribution in [3.8, 4) is 0 Å². The third-order valence-electron chi connectivity index (χ3n) is 4.02. The zero-order chi connectivity index (χ0) is 15.0. The van der Waals surface area contributed by atoms with Crippen molar-refractivity contribution < 1.29 is 0 Å². The second kappa shape index (κ2) is 4.96. The summed E-state index contributed by atoms with van der Waals surface area (Å²) in [6.45, 7) is 7.59. The molecule has 2 N–H and O–H groups in total. The van der Waals surface area contributed by atoms with Gasteiger partial charge in [0.2, 0.25) is 0 Å². The number of nitrogen functional groups attached to an aromatic ring is 1. The maximum atomic E-state index is 6.02. The highest BCUT2D eigenvalue weighted by Gasteiger charge is 2.13. The Morgan fingerprint density at radius 2 is 1.67 bits per heavy atom. The van der Waals surface area contributed by atoms with Crippen LogP contribution in [0.3, 0.4) is 0 Å². The third-order valence-corrected chi connectivity index (χ3v) is 4.02. The molecule has 0 spiro atoms. The van der Waals surface area contributed by atoms with Crippen LogP contribution in [0.2, 0.25) is 0 Å². The van der Waals surface area contributed by atoms with Crippen LogP contribution in [0.4, 0.5) is 5.69 Å². The Hall–Kier alpha value is -2.22. The maximum Gasteiger partial charge on any atom is 0.0504 e. The number of rotatable bonds is 2. The second-order valence-corrected chi connectivity index (χ2v) is 6.67. The van der Waals surface area contributed by atoms with Crippen LogP contribution in [0.15, 0.2) is 54.7 Å². The van der Waals surface area contributed by atoms with E-state index in [2.05, 4.69) is 67.9 Å². The first-order valence-corrected chi connectivity index (χ1v) is 7.38. The van der Waals surface area contributed by atoms with Crippen molar-refractivity contribution in [1.82, 2.24) is 4.57 Å². The molecule has 0 aliphatic rings. The minimum Gasteiger partial charge on any atom is -0.398 e. The number of hydrogen-bond donors (Lipinski definition) is 1. The normalized spacial score (nSPS) is 12.0. The zero-order valence-corrected chi connectivity index (χ0v) is 12.9. The van der Waals surface area contributed by atoms with Crippen molar-refractivity contribution in [1.29, 1.82) is 0 Å². The van der Waals surface area contributed by atoms with E-state index in [1.54, 1.807) is 0 Å². The fraction of sp³-hybridized carbons (Fsp3) is 0.263. The predicted octanol–water partition coefficient (Wildman–Crippen LogP) is 4.57. The van der Waals surface area contributed by atoms with Crippen molar-refractivity contribution in [2.45, 2.75) is 32.7 Å². The highest BCUT2D eigenvalue weighted by molar-refractivity contribution is 5.91. The summed E-state index contributed by atoms with van der Waals surface area (Å²) in [6.07, 6.45) is 2.11. The van der Waals surface area contributed by atoms with E-state index in [4.69, 9.17) is 5.73 Å². The van der Waals surface area contributed by atoms with Crippen molar-refractivity contribution in [2.24, 2.45) is 0 Å². The van der Waals surface area contributed by atoms with Gasteiger partial charge in [-0.25, -0.2) is 0 Å². The van der Waals surface area contributed by atoms with Crippen LogP contribution in [-0.2, 0) is 12.0 Å². The van der Waals surface area contributed by atoms with Gasteiger partial charge < -0.3 is 10.3 Å². The lowest BCUT2D eigenvalue weighted by atomic mass is 9.87. The van der Waals surface area contributed by atoms with E-state index in [1.165, 1.54) is 16.6 Å². The summed E-state index contributed by atoms with van der Waals surface area (Å²) < 4.78 is 2.25. The second-order valence-electron chi connectivity index (χ2n) is 6.67. The van der Waals surface area contributed by atoms with Gasteiger partial charge in [0, 0.05) is 23.8 Å². The van der Waals surface area contributed by atoms with Gasteiger partial charge >= 0.3 is 0 Å². The van der Waals surface area contributed by atoms with Crippen LogP contribution in [0.5, 0.6) is 0 Å². The van der Waals surface area contributed by atoms with Crippen molar-refractivity contribution >= 4 is 16.6 Å². The maximum absolute atomic E-state index is 6.02. The summed E-state index contributed by atoms with van der Waals surface area (Å²) in [5.41, 5.74) is 10.9. The average Bonchev–Trinajstić information content (AvgIpc) is 2.83. The lowest BCUT2D eigenvalue weighted by Gasteiger charge is -2.19. The van der Waals surface area contributed by atoms with Gasteiger partial charge in [-0.15, -0.1) is 0 Å². The molecule has 2 nitrogen and oxygen atoms in total. The summed E-state index contributed by atoms with van der Waals surface area (Å²) in [5.74, 6) is 0. The van der Waals surface area contributed by atoms with Gasteiger partial charge in [-0.2, -0.15) is 0 Å². The van der Waals surface area contributed by atoms with Crippen LogP contribution in [0.1, 0.15) is 31.9 Å². The summed E-state index contributed by atoms with van der Waals surface area (Å²) in [5, 5.41) is 1.13. The highest BCUT2D eigenvalue weighted by Crippen LogP contribution is 2.24. The van der Waals surface area contributed by atoms with Crippen LogP contribution in [0, 0.1) is 0 Å². The Bertz CT molecular complexity index is 758. The molecule has 0 bridgehead atoms. The molecule has 0 aliphatic heterocycles. The molecule has 0 amide bonds. The molecule has 0 aliphatic carbocycles. The minimum atomic E-state index is 0.202. The van der Waals surface area contributed by atoms with E-state index in [0.29, 0.717) is 0 Å². The number of benzene rings is 2. The Balaban J connectivity index is 1.90. The largest absolute Gasteiger partial charge is 0.398 e. The summed E-state index contributed by atoms with van der Waals surface area (Å²) >= 11 is 0. The number of nitrogens with zero attached hydrogens (tertiary/aromatic N) is 1. The van der Waals surface area contributed by atoms with E-state index in [1.807, 2.05) is 12.1 Å². The monoisotopic (exact) mass is 278 g/mol. The summed E-state index contributed by atoms with van der Waals surface area (Å²) in [6, 6.07) is 17.1. The zero-order valence-electron chi connectivity index (χ0n) is 12.9. The standard InChI is InChI=1S/C19H22N2/c1-19(2,3)15-9-7-14(8-10-15)13-21-12-11-16-17(20)5-4-6-18(16)21/h4-12H,13,20H2,1-3H3. The van der Waals surface area contributed by atoms with Crippen LogP contribution in [0.25, 0.3) is 10.9 Å². The van der Waals surface area contributed by atoms with Gasteiger partial charge in [-0.3, -0.25) is 0 Å². The van der Waals surface area contributed by atoms with Crippen LogP contribution < -0.4 is 5.73 Å². The Kier molecular flexibility index (Phi) is 3.25. The highest BCUT2D eigenvalue weighted by atomic mass is 15.0. The Morgan fingerprint density at radius 3 is 2.33 bits per heavy atom. The molecule has 1 heterocycles. The van der Waals surface area contributed by atoms with Crippen LogP contribution in [-0.4, -0.2) is 4.57 Å². The molecule has 0 saturated carbocycles. The smallest absolute Gasteiger partial charge is 0.0504 e. The number of fused-ring (bicyclic) bond motifs is 1. The van der Waals surface area contributed by atoms with E-state index >= 15 is 0 Å². The Labute approximate surface area is 126 Å². The number of aromatic nitrogens is 1. The molecule has 0 radical (unpaired) electrons. The SMILES string of the molecule is CC(C)(C)c1ccc(Cn2ccc3c(N)cccc32)cc1. The minimum absolute atomic E-state index is 0.202. The van der Waals surface area contributed by atoms with E-state index in [-0.39, 0.29) is 5.41 Å². The van der Waals surface area contributed by atoms with E-state index in [0.717, 1.165) is 17.6 Å².